The second-order valence-corrected chi connectivity index (χ2v) is 4.67. The molecule has 2 N–H and O–H groups in total. The van der Waals surface area contributed by atoms with Gasteiger partial charge >= 0.3 is 0 Å². The molecule has 1 aromatic heterocycles. The monoisotopic (exact) mass is 239 g/mol. The third kappa shape index (κ3) is 2.04. The highest BCUT2D eigenvalue weighted by atomic mass is 15.3. The number of benzene rings is 1. The highest BCUT2D eigenvalue weighted by Crippen LogP contribution is 2.27. The summed E-state index contributed by atoms with van der Waals surface area (Å²) in [6.07, 6.45) is 6.96. The Morgan fingerprint density at radius 3 is 2.67 bits per heavy atom. The van der Waals surface area contributed by atoms with Gasteiger partial charge in [0.1, 0.15) is 5.82 Å². The zero-order valence-electron chi connectivity index (χ0n) is 10.3. The van der Waals surface area contributed by atoms with Crippen LogP contribution in [0.3, 0.4) is 0 Å². The molecule has 0 bridgehead atoms. The Morgan fingerprint density at radius 2 is 1.94 bits per heavy atom. The summed E-state index contributed by atoms with van der Waals surface area (Å²) in [4.78, 5) is 0. The van der Waals surface area contributed by atoms with Crippen LogP contribution in [0.2, 0.25) is 0 Å². The van der Waals surface area contributed by atoms with Gasteiger partial charge in [0.15, 0.2) is 0 Å². The van der Waals surface area contributed by atoms with Gasteiger partial charge in [0.05, 0.1) is 5.69 Å². The Hall–Kier alpha value is -2.03. The van der Waals surface area contributed by atoms with Gasteiger partial charge in [-0.2, -0.15) is 5.10 Å². The molecule has 0 unspecified atom stereocenters. The normalized spacial score (nSPS) is 15.4. The highest BCUT2D eigenvalue weighted by molar-refractivity contribution is 5.65. The fourth-order valence-corrected chi connectivity index (χ4v) is 2.39. The number of aromatic nitrogens is 2. The van der Waals surface area contributed by atoms with Crippen molar-refractivity contribution >= 4 is 11.5 Å². The van der Waals surface area contributed by atoms with E-state index in [0.717, 1.165) is 29.9 Å². The van der Waals surface area contributed by atoms with Crippen LogP contribution < -0.4 is 5.73 Å². The number of hydrogen-bond acceptors (Lipinski definition) is 2. The molecule has 1 heterocycles. The van der Waals surface area contributed by atoms with E-state index in [0.29, 0.717) is 0 Å². The largest absolute Gasteiger partial charge is 0.384 e. The van der Waals surface area contributed by atoms with Crippen LogP contribution in [0.4, 0.5) is 5.82 Å². The van der Waals surface area contributed by atoms with Crippen LogP contribution >= 0.6 is 0 Å². The van der Waals surface area contributed by atoms with Gasteiger partial charge in [0.2, 0.25) is 0 Å². The zero-order valence-corrected chi connectivity index (χ0v) is 10.3. The molecule has 3 heteroatoms. The number of nitrogens with zero attached hydrogens (tertiary/aromatic N) is 2. The van der Waals surface area contributed by atoms with Crippen LogP contribution in [-0.2, 0) is 0 Å². The standard InChI is InChI=1S/C15H17N3/c16-15-11-14(12-7-3-1-4-8-12)17-18(15)13-9-5-2-6-10-13/h1,3-4,7-9,11H,2,5-6,10,16H2. The van der Waals surface area contributed by atoms with Crippen molar-refractivity contribution in [2.75, 3.05) is 5.73 Å². The molecule has 0 fully saturated rings. The Labute approximate surface area is 107 Å². The summed E-state index contributed by atoms with van der Waals surface area (Å²) in [6, 6.07) is 12.1. The zero-order chi connectivity index (χ0) is 12.4. The Morgan fingerprint density at radius 1 is 1.11 bits per heavy atom. The maximum Gasteiger partial charge on any atom is 0.127 e. The number of allylic oxidation sites excluding steroid dienone is 2. The molecule has 1 aliphatic rings. The average Bonchev–Trinajstić information content (AvgIpc) is 2.83. The lowest BCUT2D eigenvalue weighted by Gasteiger charge is -2.13. The molecule has 1 aliphatic carbocycles. The molecule has 0 radical (unpaired) electrons. The first kappa shape index (κ1) is 11.1. The maximum absolute atomic E-state index is 6.07. The van der Waals surface area contributed by atoms with Crippen LogP contribution in [0.15, 0.2) is 42.5 Å². The molecule has 1 aromatic carbocycles. The second-order valence-electron chi connectivity index (χ2n) is 4.67. The van der Waals surface area contributed by atoms with Gasteiger partial charge in [-0.25, -0.2) is 4.68 Å². The van der Waals surface area contributed by atoms with Gasteiger partial charge in [-0.15, -0.1) is 0 Å². The predicted molar refractivity (Wildman–Crippen MR) is 74.8 cm³/mol. The molecule has 0 amide bonds. The average molecular weight is 239 g/mol. The van der Waals surface area contributed by atoms with E-state index in [-0.39, 0.29) is 0 Å². The Balaban J connectivity index is 1.98. The lowest BCUT2D eigenvalue weighted by Crippen LogP contribution is -2.06. The Bertz CT molecular complexity index is 567. The molecule has 18 heavy (non-hydrogen) atoms. The summed E-state index contributed by atoms with van der Waals surface area (Å²) in [5.74, 6) is 0.724. The summed E-state index contributed by atoms with van der Waals surface area (Å²) in [5, 5.41) is 4.63. The topological polar surface area (TPSA) is 43.8 Å². The fraction of sp³-hybridized carbons (Fsp3) is 0.267. The van der Waals surface area contributed by atoms with Gasteiger partial charge < -0.3 is 5.73 Å². The summed E-state index contributed by atoms with van der Waals surface area (Å²) in [5.41, 5.74) is 9.36. The number of rotatable bonds is 2. The lowest BCUT2D eigenvalue weighted by molar-refractivity contribution is 0.701. The fourth-order valence-electron chi connectivity index (χ4n) is 2.39. The van der Waals surface area contributed by atoms with Crippen LogP contribution in [0.5, 0.6) is 0 Å². The van der Waals surface area contributed by atoms with Gasteiger partial charge in [-0.05, 0) is 25.7 Å². The number of nitrogens with two attached hydrogens (primary N) is 1. The number of anilines is 1. The van der Waals surface area contributed by atoms with Crippen molar-refractivity contribution in [1.29, 1.82) is 0 Å². The predicted octanol–water partition coefficient (Wildman–Crippen LogP) is 3.55. The van der Waals surface area contributed by atoms with E-state index in [9.17, 15) is 0 Å². The quantitative estimate of drug-likeness (QED) is 0.871. The minimum Gasteiger partial charge on any atom is -0.384 e. The van der Waals surface area contributed by atoms with E-state index in [1.165, 1.54) is 18.5 Å². The summed E-state index contributed by atoms with van der Waals surface area (Å²) in [6.45, 7) is 0. The molecule has 0 saturated carbocycles. The van der Waals surface area contributed by atoms with Crippen molar-refractivity contribution in [2.24, 2.45) is 0 Å². The Kier molecular flexibility index (Phi) is 2.89. The summed E-state index contributed by atoms with van der Waals surface area (Å²) in [7, 11) is 0. The van der Waals surface area contributed by atoms with E-state index in [1.807, 2.05) is 28.9 Å². The van der Waals surface area contributed by atoms with Crippen molar-refractivity contribution in [3.05, 3.63) is 42.5 Å². The number of hydrogen-bond donors (Lipinski definition) is 1. The van der Waals surface area contributed by atoms with Gasteiger partial charge in [0.25, 0.3) is 0 Å². The summed E-state index contributed by atoms with van der Waals surface area (Å²) >= 11 is 0. The van der Waals surface area contributed by atoms with Gasteiger partial charge in [0, 0.05) is 17.3 Å². The SMILES string of the molecule is Nc1cc(-c2ccccc2)nn1C1=CCCCC1. The lowest BCUT2D eigenvalue weighted by atomic mass is 10.1. The minimum atomic E-state index is 0.724. The molecule has 92 valence electrons. The van der Waals surface area contributed by atoms with Crippen LogP contribution in [0.25, 0.3) is 17.0 Å². The van der Waals surface area contributed by atoms with E-state index in [4.69, 9.17) is 5.73 Å². The van der Waals surface area contributed by atoms with E-state index >= 15 is 0 Å². The highest BCUT2D eigenvalue weighted by Gasteiger charge is 2.12. The molecule has 0 saturated heterocycles. The van der Waals surface area contributed by atoms with E-state index in [1.54, 1.807) is 0 Å². The van der Waals surface area contributed by atoms with Gasteiger partial charge in [-0.1, -0.05) is 36.4 Å². The molecular formula is C15H17N3. The van der Waals surface area contributed by atoms with Crippen molar-refractivity contribution in [1.82, 2.24) is 9.78 Å². The third-order valence-corrected chi connectivity index (χ3v) is 3.35. The van der Waals surface area contributed by atoms with Crippen LogP contribution in [0.1, 0.15) is 25.7 Å². The maximum atomic E-state index is 6.07. The number of nitrogen functional groups attached to an aromatic ring is 1. The smallest absolute Gasteiger partial charge is 0.127 e. The molecule has 0 spiro atoms. The van der Waals surface area contributed by atoms with Gasteiger partial charge in [-0.3, -0.25) is 0 Å². The van der Waals surface area contributed by atoms with Crippen LogP contribution in [-0.4, -0.2) is 9.78 Å². The molecular weight excluding hydrogens is 222 g/mol. The molecule has 3 nitrogen and oxygen atoms in total. The van der Waals surface area contributed by atoms with Crippen molar-refractivity contribution in [2.45, 2.75) is 25.7 Å². The van der Waals surface area contributed by atoms with E-state index < -0.39 is 0 Å². The molecule has 2 aromatic rings. The van der Waals surface area contributed by atoms with Crippen molar-refractivity contribution in [3.63, 3.8) is 0 Å². The first-order valence-corrected chi connectivity index (χ1v) is 6.45. The second kappa shape index (κ2) is 4.69. The first-order chi connectivity index (χ1) is 8.84. The molecule has 3 rings (SSSR count). The van der Waals surface area contributed by atoms with Crippen molar-refractivity contribution in [3.8, 4) is 11.3 Å². The third-order valence-electron chi connectivity index (χ3n) is 3.35. The minimum absolute atomic E-state index is 0.724. The summed E-state index contributed by atoms with van der Waals surface area (Å²) < 4.78 is 1.89. The first-order valence-electron chi connectivity index (χ1n) is 6.45. The van der Waals surface area contributed by atoms with E-state index in [2.05, 4.69) is 23.3 Å². The molecule has 0 atom stereocenters. The van der Waals surface area contributed by atoms with Crippen LogP contribution in [0, 0.1) is 0 Å². The van der Waals surface area contributed by atoms with Crippen molar-refractivity contribution < 1.29 is 0 Å². The molecule has 0 aliphatic heterocycles.